The summed E-state index contributed by atoms with van der Waals surface area (Å²) in [5, 5.41) is 4.25. The smallest absolute Gasteiger partial charge is 0.144 e. The number of hydrazone groups is 1. The van der Waals surface area contributed by atoms with Gasteiger partial charge in [-0.1, -0.05) is 13.8 Å². The van der Waals surface area contributed by atoms with E-state index >= 15 is 0 Å². The van der Waals surface area contributed by atoms with E-state index in [1.165, 1.54) is 0 Å². The molecule has 1 saturated carbocycles. The normalized spacial score (nSPS) is 33.3. The third-order valence-electron chi connectivity index (χ3n) is 3.26. The van der Waals surface area contributed by atoms with Crippen LogP contribution in [0.5, 0.6) is 0 Å². The lowest BCUT2D eigenvalue weighted by atomic mass is 9.68. The summed E-state index contributed by atoms with van der Waals surface area (Å²) in [5.41, 5.74) is 4.15. The average molecular weight is 229 g/mol. The van der Waals surface area contributed by atoms with Gasteiger partial charge >= 0.3 is 0 Å². The molecule has 84 valence electrons. The molecule has 0 aromatic rings. The minimum atomic E-state index is -0.00299. The number of alkyl halides is 1. The summed E-state index contributed by atoms with van der Waals surface area (Å²) in [6, 6.07) is 0.208. The van der Waals surface area contributed by atoms with Crippen molar-refractivity contribution in [1.29, 1.82) is 0 Å². The standard InChI is InChI=1S/C11H17ClN2O/c1-11(2)5-8-10(9(15)6-11)7(3-4-12)13-14-8/h8,10,14H,3-6H2,1-2H3/t8-,10+/m0/s1. The summed E-state index contributed by atoms with van der Waals surface area (Å²) in [4.78, 5) is 12.0. The van der Waals surface area contributed by atoms with Crippen molar-refractivity contribution in [2.24, 2.45) is 16.4 Å². The van der Waals surface area contributed by atoms with Gasteiger partial charge in [0, 0.05) is 18.7 Å². The van der Waals surface area contributed by atoms with Crippen molar-refractivity contribution in [1.82, 2.24) is 5.43 Å². The van der Waals surface area contributed by atoms with Gasteiger partial charge in [0.25, 0.3) is 0 Å². The van der Waals surface area contributed by atoms with E-state index in [2.05, 4.69) is 24.4 Å². The van der Waals surface area contributed by atoms with E-state index in [0.717, 1.165) is 18.6 Å². The first-order chi connectivity index (χ1) is 7.03. The van der Waals surface area contributed by atoms with E-state index in [1.54, 1.807) is 0 Å². The minimum absolute atomic E-state index is 0.00299. The molecule has 15 heavy (non-hydrogen) atoms. The molecule has 0 saturated heterocycles. The zero-order valence-corrected chi connectivity index (χ0v) is 9.97. The lowest BCUT2D eigenvalue weighted by Crippen LogP contribution is -2.45. The highest BCUT2D eigenvalue weighted by molar-refractivity contribution is 6.20. The number of hydrogen-bond acceptors (Lipinski definition) is 3. The molecule has 0 aromatic heterocycles. The molecule has 1 N–H and O–H groups in total. The molecule has 2 atom stereocenters. The van der Waals surface area contributed by atoms with Crippen molar-refractivity contribution in [3.05, 3.63) is 0 Å². The average Bonchev–Trinajstić information content (AvgIpc) is 2.46. The molecule has 0 bridgehead atoms. The van der Waals surface area contributed by atoms with Crippen molar-refractivity contribution in [3.8, 4) is 0 Å². The Kier molecular flexibility index (Phi) is 2.75. The molecule has 2 aliphatic rings. The van der Waals surface area contributed by atoms with Crippen LogP contribution in [0.2, 0.25) is 0 Å². The Morgan fingerprint density at radius 1 is 1.60 bits per heavy atom. The first-order valence-electron chi connectivity index (χ1n) is 5.44. The van der Waals surface area contributed by atoms with Crippen molar-refractivity contribution in [2.75, 3.05) is 5.88 Å². The van der Waals surface area contributed by atoms with Gasteiger partial charge in [-0.25, -0.2) is 0 Å². The predicted octanol–water partition coefficient (Wildman–Crippen LogP) is 1.95. The maximum Gasteiger partial charge on any atom is 0.144 e. The summed E-state index contributed by atoms with van der Waals surface area (Å²) in [7, 11) is 0. The highest BCUT2D eigenvalue weighted by atomic mass is 35.5. The number of carbonyl (C=O) groups excluding carboxylic acids is 1. The van der Waals surface area contributed by atoms with Gasteiger partial charge in [-0.2, -0.15) is 5.10 Å². The Labute approximate surface area is 95.3 Å². The summed E-state index contributed by atoms with van der Waals surface area (Å²) in [6.45, 7) is 4.28. The topological polar surface area (TPSA) is 41.5 Å². The zero-order valence-electron chi connectivity index (χ0n) is 9.22. The first kappa shape index (κ1) is 10.9. The quantitative estimate of drug-likeness (QED) is 0.734. The van der Waals surface area contributed by atoms with Crippen LogP contribution in [0.1, 0.15) is 33.1 Å². The molecule has 0 radical (unpaired) electrons. The maximum atomic E-state index is 12.0. The van der Waals surface area contributed by atoms with Crippen LogP contribution in [-0.2, 0) is 4.79 Å². The Bertz CT molecular complexity index is 312. The van der Waals surface area contributed by atoms with Gasteiger partial charge in [0.05, 0.1) is 17.7 Å². The van der Waals surface area contributed by atoms with Gasteiger partial charge in [-0.3, -0.25) is 4.79 Å². The van der Waals surface area contributed by atoms with Gasteiger partial charge in [0.15, 0.2) is 0 Å². The molecule has 0 spiro atoms. The molecule has 1 aliphatic heterocycles. The molecule has 1 fully saturated rings. The number of ketones is 1. The fraction of sp³-hybridized carbons (Fsp3) is 0.818. The first-order valence-corrected chi connectivity index (χ1v) is 5.97. The summed E-state index contributed by atoms with van der Waals surface area (Å²) in [6.07, 6.45) is 2.40. The summed E-state index contributed by atoms with van der Waals surface area (Å²) >= 11 is 5.70. The monoisotopic (exact) mass is 228 g/mol. The molecule has 4 heteroatoms. The third-order valence-corrected chi connectivity index (χ3v) is 3.45. The number of carbonyl (C=O) groups is 1. The number of nitrogens with one attached hydrogen (secondary N) is 1. The second-order valence-corrected chi connectivity index (χ2v) is 5.64. The third kappa shape index (κ3) is 2.03. The fourth-order valence-electron chi connectivity index (χ4n) is 2.67. The van der Waals surface area contributed by atoms with E-state index < -0.39 is 0 Å². The van der Waals surface area contributed by atoms with E-state index in [9.17, 15) is 4.79 Å². The Morgan fingerprint density at radius 3 is 3.00 bits per heavy atom. The highest BCUT2D eigenvalue weighted by Crippen LogP contribution is 2.38. The van der Waals surface area contributed by atoms with Crippen LogP contribution in [0.3, 0.4) is 0 Å². The molecule has 1 aliphatic carbocycles. The van der Waals surface area contributed by atoms with Crippen molar-refractivity contribution >= 4 is 23.1 Å². The van der Waals surface area contributed by atoms with Gasteiger partial charge in [0.1, 0.15) is 5.78 Å². The molecule has 3 nitrogen and oxygen atoms in total. The number of nitrogens with zero attached hydrogens (tertiary/aromatic N) is 1. The van der Waals surface area contributed by atoms with Crippen molar-refractivity contribution < 1.29 is 4.79 Å². The molecule has 0 aromatic carbocycles. The van der Waals surface area contributed by atoms with Crippen LogP contribution in [0.15, 0.2) is 5.10 Å². The van der Waals surface area contributed by atoms with Crippen LogP contribution in [-0.4, -0.2) is 23.4 Å². The molecule has 2 rings (SSSR count). The molecular formula is C11H17ClN2O. The van der Waals surface area contributed by atoms with Crippen LogP contribution in [0.25, 0.3) is 0 Å². The SMILES string of the molecule is CC1(C)CC(=O)[C@@H]2C(CCCl)=NN[C@H]2C1. The Morgan fingerprint density at radius 2 is 2.33 bits per heavy atom. The van der Waals surface area contributed by atoms with E-state index in [-0.39, 0.29) is 17.4 Å². The second kappa shape index (κ2) is 3.78. The number of Topliss-reactive ketones (excluding diaryl/α,β-unsaturated/α-hetero) is 1. The van der Waals surface area contributed by atoms with E-state index in [0.29, 0.717) is 18.1 Å². The van der Waals surface area contributed by atoms with Gasteiger partial charge in [-0.15, -0.1) is 11.6 Å². The number of fused-ring (bicyclic) bond motifs is 1. The maximum absolute atomic E-state index is 12.0. The Balaban J connectivity index is 2.14. The highest BCUT2D eigenvalue weighted by Gasteiger charge is 2.45. The van der Waals surface area contributed by atoms with Crippen LogP contribution >= 0.6 is 11.6 Å². The second-order valence-electron chi connectivity index (χ2n) is 5.27. The van der Waals surface area contributed by atoms with Gasteiger partial charge in [0.2, 0.25) is 0 Å². The Hall–Kier alpha value is -0.570. The van der Waals surface area contributed by atoms with Crippen LogP contribution < -0.4 is 5.43 Å². The van der Waals surface area contributed by atoms with E-state index in [4.69, 9.17) is 11.6 Å². The lowest BCUT2D eigenvalue weighted by Gasteiger charge is -2.36. The fourth-order valence-corrected chi connectivity index (χ4v) is 2.87. The van der Waals surface area contributed by atoms with Crippen LogP contribution in [0.4, 0.5) is 0 Å². The predicted molar refractivity (Wildman–Crippen MR) is 61.2 cm³/mol. The summed E-state index contributed by atoms with van der Waals surface area (Å²) < 4.78 is 0. The van der Waals surface area contributed by atoms with Gasteiger partial charge in [-0.05, 0) is 11.8 Å². The van der Waals surface area contributed by atoms with E-state index in [1.807, 2.05) is 0 Å². The van der Waals surface area contributed by atoms with Crippen LogP contribution in [0, 0.1) is 11.3 Å². The summed E-state index contributed by atoms with van der Waals surface area (Å²) in [5.74, 6) is 0.863. The largest absolute Gasteiger partial charge is 0.306 e. The zero-order chi connectivity index (χ0) is 11.1. The lowest BCUT2D eigenvalue weighted by molar-refractivity contribution is -0.126. The number of hydrogen-bond donors (Lipinski definition) is 1. The molecular weight excluding hydrogens is 212 g/mol. The van der Waals surface area contributed by atoms with Crippen molar-refractivity contribution in [3.63, 3.8) is 0 Å². The van der Waals surface area contributed by atoms with Crippen molar-refractivity contribution in [2.45, 2.75) is 39.2 Å². The van der Waals surface area contributed by atoms with Gasteiger partial charge < -0.3 is 5.43 Å². The number of halogens is 1. The molecule has 1 heterocycles. The molecule has 0 unspecified atom stereocenters. The molecule has 0 amide bonds. The minimum Gasteiger partial charge on any atom is -0.306 e. The number of rotatable bonds is 2.